The molecule has 1 heterocycles. The minimum absolute atomic E-state index is 0.206. The van der Waals surface area contributed by atoms with Crippen molar-refractivity contribution < 1.29 is 14.6 Å². The summed E-state index contributed by atoms with van der Waals surface area (Å²) in [5, 5.41) is 24.5. The summed E-state index contributed by atoms with van der Waals surface area (Å²) in [5.41, 5.74) is -0.433. The van der Waals surface area contributed by atoms with E-state index in [0.717, 1.165) is 5.01 Å². The molecule has 0 saturated heterocycles. The third kappa shape index (κ3) is 2.36. The van der Waals surface area contributed by atoms with Gasteiger partial charge in [0.1, 0.15) is 12.2 Å². The van der Waals surface area contributed by atoms with Crippen LogP contribution in [0.3, 0.4) is 0 Å². The molecule has 6 heteroatoms. The Balaban J connectivity index is 2.41. The monoisotopic (exact) mass is 273 g/mol. The Morgan fingerprint density at radius 2 is 2.40 bits per heavy atom. The molecule has 2 rings (SSSR count). The lowest BCUT2D eigenvalue weighted by molar-refractivity contribution is -0.156. The Kier molecular flexibility index (Phi) is 3.72. The van der Waals surface area contributed by atoms with Crippen LogP contribution < -0.4 is 4.74 Å². The van der Waals surface area contributed by atoms with E-state index in [1.807, 2.05) is 0 Å². The molecule has 1 aliphatic heterocycles. The number of methoxy groups -OCH3 is 1. The average Bonchev–Trinajstić information content (AvgIpc) is 2.76. The van der Waals surface area contributed by atoms with E-state index in [9.17, 15) is 9.90 Å². The third-order valence-corrected chi connectivity index (χ3v) is 3.12. The highest BCUT2D eigenvalue weighted by Gasteiger charge is 2.44. The lowest BCUT2D eigenvalue weighted by atomic mass is 9.97. The summed E-state index contributed by atoms with van der Waals surface area (Å²) in [6.45, 7) is 1.73. The van der Waals surface area contributed by atoms with Crippen LogP contribution in [-0.2, 0) is 10.5 Å². The molecular weight excluding hydrogens is 258 g/mol. The molecule has 0 saturated carbocycles. The number of hydrazone groups is 1. The van der Waals surface area contributed by atoms with Crippen LogP contribution in [-0.4, -0.2) is 28.8 Å². The van der Waals surface area contributed by atoms with E-state index in [4.69, 9.17) is 10.00 Å². The van der Waals surface area contributed by atoms with Crippen molar-refractivity contribution in [1.29, 1.82) is 5.26 Å². The minimum Gasteiger partial charge on any atom is -0.497 e. The van der Waals surface area contributed by atoms with Crippen LogP contribution in [0.4, 0.5) is 0 Å². The predicted octanol–water partition coefficient (Wildman–Crippen LogP) is 1.36. The SMILES string of the molecule is COc1cccc(C2(O)CC(C)=NN2C(=O)CC#N)c1. The van der Waals surface area contributed by atoms with Crippen molar-refractivity contribution in [2.45, 2.75) is 25.5 Å². The highest BCUT2D eigenvalue weighted by Crippen LogP contribution is 2.36. The van der Waals surface area contributed by atoms with Crippen molar-refractivity contribution in [3.8, 4) is 11.8 Å². The van der Waals surface area contributed by atoms with Crippen molar-refractivity contribution in [2.75, 3.05) is 7.11 Å². The number of carbonyl (C=O) groups excluding carboxylic acids is 1. The molecule has 104 valence electrons. The van der Waals surface area contributed by atoms with Gasteiger partial charge in [0.15, 0.2) is 5.72 Å². The van der Waals surface area contributed by atoms with E-state index in [2.05, 4.69) is 5.10 Å². The van der Waals surface area contributed by atoms with Gasteiger partial charge in [-0.3, -0.25) is 4.79 Å². The van der Waals surface area contributed by atoms with Gasteiger partial charge in [-0.1, -0.05) is 12.1 Å². The summed E-state index contributed by atoms with van der Waals surface area (Å²) in [4.78, 5) is 11.9. The molecular formula is C14H15N3O3. The first kappa shape index (κ1) is 14.0. The Morgan fingerprint density at radius 3 is 3.05 bits per heavy atom. The maximum Gasteiger partial charge on any atom is 0.259 e. The molecule has 0 aliphatic carbocycles. The van der Waals surface area contributed by atoms with Crippen LogP contribution in [0.25, 0.3) is 0 Å². The van der Waals surface area contributed by atoms with Gasteiger partial charge in [0, 0.05) is 17.7 Å². The van der Waals surface area contributed by atoms with Crippen LogP contribution in [0.2, 0.25) is 0 Å². The molecule has 0 fully saturated rings. The first-order valence-electron chi connectivity index (χ1n) is 6.12. The minimum atomic E-state index is -1.56. The van der Waals surface area contributed by atoms with Gasteiger partial charge in [-0.05, 0) is 19.1 Å². The molecule has 0 radical (unpaired) electrons. The van der Waals surface area contributed by atoms with Crippen molar-refractivity contribution in [2.24, 2.45) is 5.10 Å². The van der Waals surface area contributed by atoms with Gasteiger partial charge < -0.3 is 9.84 Å². The zero-order valence-electron chi connectivity index (χ0n) is 11.3. The molecule has 0 bridgehead atoms. The zero-order valence-corrected chi connectivity index (χ0v) is 11.3. The van der Waals surface area contributed by atoms with Crippen LogP contribution >= 0.6 is 0 Å². The number of nitrogens with zero attached hydrogens (tertiary/aromatic N) is 3. The zero-order chi connectivity index (χ0) is 14.8. The smallest absolute Gasteiger partial charge is 0.259 e. The molecule has 0 spiro atoms. The van der Waals surface area contributed by atoms with Crippen molar-refractivity contribution >= 4 is 11.6 Å². The fraction of sp³-hybridized carbons (Fsp3) is 0.357. The standard InChI is InChI=1S/C14H15N3O3/c1-10-9-14(19,17(16-10)13(18)6-7-15)11-4-3-5-12(8-11)20-2/h3-5,8,19H,6,9H2,1-2H3. The van der Waals surface area contributed by atoms with Gasteiger partial charge in [-0.15, -0.1) is 0 Å². The van der Waals surface area contributed by atoms with Gasteiger partial charge in [-0.2, -0.15) is 15.4 Å². The van der Waals surface area contributed by atoms with Crippen molar-refractivity contribution in [3.63, 3.8) is 0 Å². The van der Waals surface area contributed by atoms with Crippen LogP contribution in [0, 0.1) is 11.3 Å². The Labute approximate surface area is 116 Å². The number of rotatable bonds is 3. The summed E-state index contributed by atoms with van der Waals surface area (Å²) >= 11 is 0. The lowest BCUT2D eigenvalue weighted by Gasteiger charge is -2.31. The molecule has 1 aliphatic rings. The number of amides is 1. The lowest BCUT2D eigenvalue weighted by Crippen LogP contribution is -2.43. The van der Waals surface area contributed by atoms with Crippen LogP contribution in [0.1, 0.15) is 25.3 Å². The Morgan fingerprint density at radius 1 is 1.65 bits per heavy atom. The van der Waals surface area contributed by atoms with E-state index in [1.54, 1.807) is 37.3 Å². The molecule has 6 nitrogen and oxygen atoms in total. The summed E-state index contributed by atoms with van der Waals surface area (Å²) in [6, 6.07) is 8.60. The fourth-order valence-corrected chi connectivity index (χ4v) is 2.22. The topological polar surface area (TPSA) is 85.9 Å². The van der Waals surface area contributed by atoms with Crippen molar-refractivity contribution in [1.82, 2.24) is 5.01 Å². The van der Waals surface area contributed by atoms with Gasteiger partial charge in [0.05, 0.1) is 13.2 Å². The predicted molar refractivity (Wildman–Crippen MR) is 71.7 cm³/mol. The molecule has 0 aromatic heterocycles. The van der Waals surface area contributed by atoms with Gasteiger partial charge in [-0.25, -0.2) is 0 Å². The van der Waals surface area contributed by atoms with E-state index in [0.29, 0.717) is 17.0 Å². The quantitative estimate of drug-likeness (QED) is 0.901. The molecule has 1 amide bonds. The van der Waals surface area contributed by atoms with E-state index < -0.39 is 11.6 Å². The van der Waals surface area contributed by atoms with Gasteiger partial charge >= 0.3 is 0 Å². The van der Waals surface area contributed by atoms with E-state index >= 15 is 0 Å². The summed E-state index contributed by atoms with van der Waals surface area (Å²) in [6.07, 6.45) is -0.125. The number of hydrogen-bond donors (Lipinski definition) is 1. The maximum absolute atomic E-state index is 11.9. The normalized spacial score (nSPS) is 21.3. The summed E-state index contributed by atoms with van der Waals surface area (Å²) in [7, 11) is 1.53. The number of nitriles is 1. The molecule has 1 unspecified atom stereocenters. The highest BCUT2D eigenvalue weighted by atomic mass is 16.5. The first-order valence-corrected chi connectivity index (χ1v) is 6.12. The second-order valence-electron chi connectivity index (χ2n) is 4.60. The second kappa shape index (κ2) is 5.31. The largest absolute Gasteiger partial charge is 0.497 e. The molecule has 1 atom stereocenters. The maximum atomic E-state index is 11.9. The van der Waals surface area contributed by atoms with E-state index in [1.165, 1.54) is 7.11 Å². The fourth-order valence-electron chi connectivity index (χ4n) is 2.22. The second-order valence-corrected chi connectivity index (χ2v) is 4.60. The first-order chi connectivity index (χ1) is 9.51. The highest BCUT2D eigenvalue weighted by molar-refractivity contribution is 5.89. The molecule has 1 N–H and O–H groups in total. The Bertz CT molecular complexity index is 606. The van der Waals surface area contributed by atoms with Crippen molar-refractivity contribution in [3.05, 3.63) is 29.8 Å². The van der Waals surface area contributed by atoms with Gasteiger partial charge in [0.25, 0.3) is 5.91 Å². The summed E-state index contributed by atoms with van der Waals surface area (Å²) < 4.78 is 5.13. The Hall–Kier alpha value is -2.39. The van der Waals surface area contributed by atoms with Crippen LogP contribution in [0.5, 0.6) is 5.75 Å². The average molecular weight is 273 g/mol. The van der Waals surface area contributed by atoms with Crippen LogP contribution in [0.15, 0.2) is 29.4 Å². The number of aliphatic hydroxyl groups is 1. The summed E-state index contributed by atoms with van der Waals surface area (Å²) in [5.74, 6) is 0.0443. The third-order valence-electron chi connectivity index (χ3n) is 3.12. The molecule has 1 aromatic carbocycles. The van der Waals surface area contributed by atoms with Gasteiger partial charge in [0.2, 0.25) is 0 Å². The number of carbonyl (C=O) groups is 1. The number of benzene rings is 1. The number of ether oxygens (including phenoxy) is 1. The number of hydrogen-bond acceptors (Lipinski definition) is 5. The molecule has 20 heavy (non-hydrogen) atoms. The molecule has 1 aromatic rings. The van der Waals surface area contributed by atoms with E-state index in [-0.39, 0.29) is 12.8 Å².